The van der Waals surface area contributed by atoms with Crippen molar-refractivity contribution in [3.63, 3.8) is 0 Å². The Morgan fingerprint density at radius 2 is 1.93 bits per heavy atom. The zero-order valence-corrected chi connectivity index (χ0v) is 9.53. The molecule has 0 N–H and O–H groups in total. The summed E-state index contributed by atoms with van der Waals surface area (Å²) < 4.78 is 0. The number of rotatable bonds is 1. The van der Waals surface area contributed by atoms with Crippen LogP contribution in [0, 0.1) is 5.92 Å². The van der Waals surface area contributed by atoms with Gasteiger partial charge >= 0.3 is 0 Å². The molecule has 2 heteroatoms. The van der Waals surface area contributed by atoms with E-state index in [2.05, 4.69) is 4.90 Å². The Bertz CT molecular complexity index is 373. The monoisotopic (exact) mass is 203 g/mol. The molecule has 0 amide bonds. The summed E-state index contributed by atoms with van der Waals surface area (Å²) in [5, 5.41) is 0. The average Bonchev–Trinajstić information content (AvgIpc) is 2.45. The van der Waals surface area contributed by atoms with Crippen molar-refractivity contribution in [2.45, 2.75) is 19.4 Å². The van der Waals surface area contributed by atoms with Crippen molar-refractivity contribution in [1.29, 1.82) is 0 Å². The molecule has 0 aromatic heterocycles. The number of carbonyl (C=O) groups is 1. The molecule has 0 radical (unpaired) electrons. The zero-order chi connectivity index (χ0) is 11.1. The molecule has 0 bridgehead atoms. The summed E-state index contributed by atoms with van der Waals surface area (Å²) in [6, 6.07) is 10.0. The van der Waals surface area contributed by atoms with Crippen LogP contribution >= 0.6 is 0 Å². The van der Waals surface area contributed by atoms with Crippen LogP contribution in [0.1, 0.15) is 19.4 Å². The number of hydrogen-bond acceptors (Lipinski definition) is 2. The fraction of sp³-hybridized carbons (Fsp3) is 0.462. The molecule has 1 fully saturated rings. The van der Waals surface area contributed by atoms with Gasteiger partial charge in [0.15, 0.2) is 5.78 Å². The van der Waals surface area contributed by atoms with Crippen molar-refractivity contribution in [1.82, 2.24) is 4.90 Å². The molecule has 1 aromatic rings. The average molecular weight is 203 g/mol. The first kappa shape index (κ1) is 10.4. The molecule has 0 spiro atoms. The van der Waals surface area contributed by atoms with Crippen LogP contribution < -0.4 is 0 Å². The molecule has 1 aromatic carbocycles. The lowest BCUT2D eigenvalue weighted by Crippen LogP contribution is -2.40. The summed E-state index contributed by atoms with van der Waals surface area (Å²) in [5.41, 5.74) is 0.669. The van der Waals surface area contributed by atoms with Gasteiger partial charge in [0.1, 0.15) is 5.54 Å². The third-order valence-corrected chi connectivity index (χ3v) is 3.57. The van der Waals surface area contributed by atoms with Gasteiger partial charge in [0.2, 0.25) is 0 Å². The molecule has 0 saturated carbocycles. The smallest absolute Gasteiger partial charge is 0.161 e. The Morgan fingerprint density at radius 1 is 1.33 bits per heavy atom. The third-order valence-electron chi connectivity index (χ3n) is 3.57. The molecule has 2 unspecified atom stereocenters. The number of likely N-dealkylation sites (tertiary alicyclic amines) is 1. The molecule has 15 heavy (non-hydrogen) atoms. The Balaban J connectivity index is 2.46. The van der Waals surface area contributed by atoms with E-state index in [-0.39, 0.29) is 5.92 Å². The molecule has 2 rings (SSSR count). The van der Waals surface area contributed by atoms with Crippen LogP contribution in [0.3, 0.4) is 0 Å². The molecular weight excluding hydrogens is 186 g/mol. The normalized spacial score (nSPS) is 32.2. The maximum absolute atomic E-state index is 12.2. The minimum absolute atomic E-state index is 0.139. The summed E-state index contributed by atoms with van der Waals surface area (Å²) in [6.45, 7) is 4.88. The van der Waals surface area contributed by atoms with Crippen LogP contribution in [0.15, 0.2) is 30.3 Å². The highest BCUT2D eigenvalue weighted by molar-refractivity contribution is 5.93. The quantitative estimate of drug-likeness (QED) is 0.696. The number of nitrogens with zero attached hydrogens (tertiary/aromatic N) is 1. The van der Waals surface area contributed by atoms with Crippen molar-refractivity contribution < 1.29 is 4.79 Å². The van der Waals surface area contributed by atoms with Crippen LogP contribution in [-0.2, 0) is 10.3 Å². The second-order valence-corrected chi connectivity index (χ2v) is 4.58. The van der Waals surface area contributed by atoms with Crippen LogP contribution in [0.25, 0.3) is 0 Å². The summed E-state index contributed by atoms with van der Waals surface area (Å²) in [5.74, 6) is 0.469. The minimum Gasteiger partial charge on any atom is -0.297 e. The van der Waals surface area contributed by atoms with Crippen LogP contribution in [0.4, 0.5) is 0 Å². The van der Waals surface area contributed by atoms with E-state index in [1.54, 1.807) is 0 Å². The fourth-order valence-electron chi connectivity index (χ4n) is 2.47. The van der Waals surface area contributed by atoms with E-state index in [9.17, 15) is 4.79 Å². The van der Waals surface area contributed by atoms with E-state index < -0.39 is 5.54 Å². The predicted molar refractivity (Wildman–Crippen MR) is 60.6 cm³/mol. The molecular formula is C13H17NO. The van der Waals surface area contributed by atoms with Gasteiger partial charge in [-0.05, 0) is 19.5 Å². The Kier molecular flexibility index (Phi) is 2.39. The molecule has 80 valence electrons. The van der Waals surface area contributed by atoms with Crippen molar-refractivity contribution in [2.24, 2.45) is 5.92 Å². The lowest BCUT2D eigenvalue weighted by atomic mass is 9.86. The highest BCUT2D eigenvalue weighted by atomic mass is 16.1. The molecule has 1 aliphatic rings. The number of carbonyl (C=O) groups excluding carboxylic acids is 1. The van der Waals surface area contributed by atoms with Crippen molar-refractivity contribution >= 4 is 5.78 Å². The number of Topliss-reactive ketones (excluding diaryl/α,β-unsaturated/α-hetero) is 1. The summed E-state index contributed by atoms with van der Waals surface area (Å²) in [6.07, 6.45) is 0. The maximum atomic E-state index is 12.2. The first-order chi connectivity index (χ1) is 7.06. The molecule has 1 heterocycles. The molecule has 0 aliphatic carbocycles. The van der Waals surface area contributed by atoms with E-state index in [1.165, 1.54) is 0 Å². The second-order valence-electron chi connectivity index (χ2n) is 4.58. The third kappa shape index (κ3) is 1.40. The summed E-state index contributed by atoms with van der Waals surface area (Å²) in [4.78, 5) is 14.3. The summed E-state index contributed by atoms with van der Waals surface area (Å²) in [7, 11) is 2.02. The van der Waals surface area contributed by atoms with Gasteiger partial charge < -0.3 is 0 Å². The molecule has 2 atom stereocenters. The topological polar surface area (TPSA) is 20.3 Å². The fourth-order valence-corrected chi connectivity index (χ4v) is 2.47. The predicted octanol–water partition coefficient (Wildman–Crippen LogP) is 2.05. The van der Waals surface area contributed by atoms with Crippen molar-refractivity contribution in [3.8, 4) is 0 Å². The van der Waals surface area contributed by atoms with E-state index >= 15 is 0 Å². The van der Waals surface area contributed by atoms with Gasteiger partial charge in [0.25, 0.3) is 0 Å². The van der Waals surface area contributed by atoms with Crippen LogP contribution in [0.5, 0.6) is 0 Å². The minimum atomic E-state index is -0.430. The van der Waals surface area contributed by atoms with Crippen LogP contribution in [-0.4, -0.2) is 24.3 Å². The number of benzene rings is 1. The molecule has 1 aliphatic heterocycles. The lowest BCUT2D eigenvalue weighted by molar-refractivity contribution is -0.126. The van der Waals surface area contributed by atoms with Gasteiger partial charge in [0.05, 0.1) is 0 Å². The van der Waals surface area contributed by atoms with Gasteiger partial charge in [-0.15, -0.1) is 0 Å². The number of likely N-dealkylation sites (N-methyl/N-ethyl adjacent to an activating group) is 1. The van der Waals surface area contributed by atoms with Gasteiger partial charge in [-0.3, -0.25) is 9.69 Å². The summed E-state index contributed by atoms with van der Waals surface area (Å²) >= 11 is 0. The van der Waals surface area contributed by atoms with Gasteiger partial charge in [-0.2, -0.15) is 0 Å². The largest absolute Gasteiger partial charge is 0.297 e. The Hall–Kier alpha value is -1.15. The van der Waals surface area contributed by atoms with Crippen molar-refractivity contribution in [3.05, 3.63) is 35.9 Å². The Labute approximate surface area is 90.9 Å². The highest BCUT2D eigenvalue weighted by Crippen LogP contribution is 2.36. The second kappa shape index (κ2) is 3.46. The zero-order valence-electron chi connectivity index (χ0n) is 9.53. The van der Waals surface area contributed by atoms with Gasteiger partial charge in [-0.25, -0.2) is 0 Å². The highest BCUT2D eigenvalue weighted by Gasteiger charge is 2.47. The van der Waals surface area contributed by atoms with Gasteiger partial charge in [0, 0.05) is 12.5 Å². The van der Waals surface area contributed by atoms with E-state index in [1.807, 2.05) is 51.2 Å². The first-order valence-electron chi connectivity index (χ1n) is 5.38. The van der Waals surface area contributed by atoms with Crippen molar-refractivity contribution in [2.75, 3.05) is 13.6 Å². The molecule has 2 nitrogen and oxygen atoms in total. The standard InChI is InChI=1S/C13H17NO/c1-10-9-14(3)13(2,12(10)15)11-7-5-4-6-8-11/h4-8,10H,9H2,1-3H3. The lowest BCUT2D eigenvalue weighted by Gasteiger charge is -2.30. The van der Waals surface area contributed by atoms with Crippen LogP contribution in [0.2, 0.25) is 0 Å². The van der Waals surface area contributed by atoms with E-state index in [0.29, 0.717) is 5.78 Å². The SMILES string of the molecule is CC1CN(C)C(C)(c2ccccc2)C1=O. The molecule has 1 saturated heterocycles. The van der Waals surface area contributed by atoms with Gasteiger partial charge in [-0.1, -0.05) is 37.3 Å². The first-order valence-corrected chi connectivity index (χ1v) is 5.38. The number of hydrogen-bond donors (Lipinski definition) is 0. The van der Waals surface area contributed by atoms with E-state index in [0.717, 1.165) is 12.1 Å². The number of ketones is 1. The Morgan fingerprint density at radius 3 is 2.40 bits per heavy atom. The maximum Gasteiger partial charge on any atom is 0.161 e. The van der Waals surface area contributed by atoms with E-state index in [4.69, 9.17) is 0 Å².